The van der Waals surface area contributed by atoms with Crippen LogP contribution in [0.15, 0.2) is 54.6 Å². The summed E-state index contributed by atoms with van der Waals surface area (Å²) in [4.78, 5) is 18.0. The molecule has 1 aromatic heterocycles. The third-order valence-electron chi connectivity index (χ3n) is 3.11. The van der Waals surface area contributed by atoms with Gasteiger partial charge in [0.15, 0.2) is 6.61 Å². The molecule has 22 heavy (non-hydrogen) atoms. The maximum atomic E-state index is 12.1. The normalized spacial score (nSPS) is 10.0. The summed E-state index contributed by atoms with van der Waals surface area (Å²) in [6, 6.07) is 17.3. The molecule has 0 aliphatic rings. The third-order valence-corrected chi connectivity index (χ3v) is 4.06. The first-order valence-electron chi connectivity index (χ1n) is 6.54. The summed E-state index contributed by atoms with van der Waals surface area (Å²) < 4.78 is 6.56. The second kappa shape index (κ2) is 7.74. The molecule has 3 rings (SSSR count). The van der Waals surface area contributed by atoms with Crippen LogP contribution in [-0.2, 0) is 4.79 Å². The van der Waals surface area contributed by atoms with Crippen LogP contribution in [0.3, 0.4) is 0 Å². The number of rotatable bonds is 4. The minimum atomic E-state index is -0.111. The summed E-state index contributed by atoms with van der Waals surface area (Å²) in [6.45, 7) is -0.0226. The van der Waals surface area contributed by atoms with Gasteiger partial charge in [0, 0.05) is 12.7 Å². The molecule has 3 aromatic rings. The Labute approximate surface area is 156 Å². The Bertz CT molecular complexity index is 734. The number of likely N-dealkylation sites (N-methyl/N-ethyl adjacent to an activating group) is 1. The molecule has 108 valence electrons. The molecule has 0 fully saturated rings. The van der Waals surface area contributed by atoms with Crippen LogP contribution in [0.2, 0.25) is 0 Å². The number of fused-ring (bicyclic) bond motifs is 1. The molecule has 1 heterocycles. The number of ether oxygens (including phenoxy) is 1. The predicted molar refractivity (Wildman–Crippen MR) is 86.1 cm³/mol. The standard InChI is InChI=1S/C16H14N2O2S.Na.H/c1-18(12-7-3-2-4-8-12)15(19)11-20-16-17-13-9-5-6-10-14(13)21-16;;/h2-10H,11H2,1H3;;/q;+1;-1. The fraction of sp³-hybridized carbons (Fsp3) is 0.125. The van der Waals surface area contributed by atoms with Crippen molar-refractivity contribution in [3.05, 3.63) is 54.6 Å². The van der Waals surface area contributed by atoms with Gasteiger partial charge in [0.05, 0.1) is 10.2 Å². The van der Waals surface area contributed by atoms with Gasteiger partial charge in [0.1, 0.15) is 0 Å². The van der Waals surface area contributed by atoms with Crippen molar-refractivity contribution in [2.75, 3.05) is 18.6 Å². The first-order chi connectivity index (χ1) is 10.2. The number of aromatic nitrogens is 1. The van der Waals surface area contributed by atoms with E-state index < -0.39 is 0 Å². The van der Waals surface area contributed by atoms with Crippen LogP contribution in [0.5, 0.6) is 5.19 Å². The molecule has 0 radical (unpaired) electrons. The van der Waals surface area contributed by atoms with E-state index in [0.29, 0.717) is 5.19 Å². The van der Waals surface area contributed by atoms with Crippen molar-refractivity contribution in [3.63, 3.8) is 0 Å². The molecule has 2 aromatic carbocycles. The van der Waals surface area contributed by atoms with Crippen molar-refractivity contribution in [1.29, 1.82) is 0 Å². The molecule has 0 aliphatic heterocycles. The molecular formula is C16H15N2NaO2S. The maximum Gasteiger partial charge on any atom is 1.00 e. The van der Waals surface area contributed by atoms with Crippen molar-refractivity contribution in [2.24, 2.45) is 0 Å². The molecule has 0 spiro atoms. The minimum Gasteiger partial charge on any atom is -1.00 e. The minimum absolute atomic E-state index is 0. The second-order valence-electron chi connectivity index (χ2n) is 4.52. The Morgan fingerprint density at radius 3 is 2.59 bits per heavy atom. The Hall–Kier alpha value is -1.40. The Kier molecular flexibility index (Phi) is 5.97. The third kappa shape index (κ3) is 3.87. The molecular weight excluding hydrogens is 307 g/mol. The quantitative estimate of drug-likeness (QED) is 0.655. The van der Waals surface area contributed by atoms with Crippen molar-refractivity contribution in [1.82, 2.24) is 4.98 Å². The van der Waals surface area contributed by atoms with Gasteiger partial charge >= 0.3 is 29.6 Å². The van der Waals surface area contributed by atoms with E-state index in [2.05, 4.69) is 4.98 Å². The number of thiazole rings is 1. The number of para-hydroxylation sites is 2. The van der Waals surface area contributed by atoms with Crippen LogP contribution in [-0.4, -0.2) is 24.5 Å². The molecule has 0 bridgehead atoms. The summed E-state index contributed by atoms with van der Waals surface area (Å²) >= 11 is 1.44. The van der Waals surface area contributed by atoms with Crippen molar-refractivity contribution in [3.8, 4) is 5.19 Å². The molecule has 4 nitrogen and oxygen atoms in total. The summed E-state index contributed by atoms with van der Waals surface area (Å²) in [5, 5.41) is 0.519. The van der Waals surface area contributed by atoms with Crippen LogP contribution in [0.25, 0.3) is 10.2 Å². The monoisotopic (exact) mass is 322 g/mol. The summed E-state index contributed by atoms with van der Waals surface area (Å²) in [5.41, 5.74) is 1.73. The van der Waals surface area contributed by atoms with Gasteiger partial charge in [0.25, 0.3) is 11.1 Å². The van der Waals surface area contributed by atoms with E-state index in [4.69, 9.17) is 4.74 Å². The summed E-state index contributed by atoms with van der Waals surface area (Å²) in [5.74, 6) is -0.111. The number of nitrogens with zero attached hydrogens (tertiary/aromatic N) is 2. The number of benzene rings is 2. The molecule has 0 saturated heterocycles. The van der Waals surface area contributed by atoms with Crippen LogP contribution in [0.1, 0.15) is 1.43 Å². The van der Waals surface area contributed by atoms with Crippen LogP contribution in [0.4, 0.5) is 5.69 Å². The van der Waals surface area contributed by atoms with Crippen LogP contribution in [0, 0.1) is 0 Å². The van der Waals surface area contributed by atoms with Gasteiger partial charge in [-0.1, -0.05) is 41.7 Å². The van der Waals surface area contributed by atoms with E-state index in [9.17, 15) is 4.79 Å². The number of carbonyl (C=O) groups excluding carboxylic acids is 1. The first kappa shape index (κ1) is 17.0. The average Bonchev–Trinajstić information content (AvgIpc) is 2.95. The molecule has 0 saturated carbocycles. The van der Waals surface area contributed by atoms with Gasteiger partial charge in [0.2, 0.25) is 0 Å². The fourth-order valence-corrected chi connectivity index (χ4v) is 2.74. The molecule has 1 amide bonds. The largest absolute Gasteiger partial charge is 1.00 e. The van der Waals surface area contributed by atoms with E-state index in [1.807, 2.05) is 54.6 Å². The molecule has 0 aliphatic carbocycles. The van der Waals surface area contributed by atoms with E-state index in [-0.39, 0.29) is 43.5 Å². The van der Waals surface area contributed by atoms with Gasteiger partial charge in [-0.2, -0.15) is 0 Å². The first-order valence-corrected chi connectivity index (χ1v) is 7.35. The second-order valence-corrected chi connectivity index (χ2v) is 5.52. The zero-order chi connectivity index (χ0) is 14.7. The zero-order valence-electron chi connectivity index (χ0n) is 13.5. The van der Waals surface area contributed by atoms with Gasteiger partial charge in [-0.05, 0) is 24.3 Å². The molecule has 0 N–H and O–H groups in total. The van der Waals surface area contributed by atoms with Gasteiger partial charge in [-0.15, -0.1) is 0 Å². The smallest absolute Gasteiger partial charge is 1.00 e. The number of amides is 1. The Morgan fingerprint density at radius 1 is 1.18 bits per heavy atom. The van der Waals surface area contributed by atoms with Gasteiger partial charge in [-0.25, -0.2) is 4.98 Å². The number of hydrogen-bond acceptors (Lipinski definition) is 4. The van der Waals surface area contributed by atoms with Gasteiger partial charge < -0.3 is 11.1 Å². The van der Waals surface area contributed by atoms with Crippen molar-refractivity contribution < 1.29 is 40.5 Å². The number of hydrogen-bond donors (Lipinski definition) is 0. The number of carbonyl (C=O) groups is 1. The van der Waals surface area contributed by atoms with Crippen molar-refractivity contribution >= 4 is 33.1 Å². The Morgan fingerprint density at radius 2 is 1.86 bits per heavy atom. The molecule has 0 atom stereocenters. The average molecular weight is 322 g/mol. The summed E-state index contributed by atoms with van der Waals surface area (Å²) in [6.07, 6.45) is 0. The predicted octanol–water partition coefficient (Wildman–Crippen LogP) is 0.455. The van der Waals surface area contributed by atoms with E-state index in [1.165, 1.54) is 11.3 Å². The number of anilines is 1. The van der Waals surface area contributed by atoms with Crippen molar-refractivity contribution in [2.45, 2.75) is 0 Å². The van der Waals surface area contributed by atoms with Crippen LogP contribution >= 0.6 is 11.3 Å². The van der Waals surface area contributed by atoms with Crippen LogP contribution < -0.4 is 39.2 Å². The maximum absolute atomic E-state index is 12.1. The van der Waals surface area contributed by atoms with E-state index in [1.54, 1.807) is 11.9 Å². The molecule has 0 unspecified atom stereocenters. The Balaban J connectivity index is 0.00000132. The molecule has 6 heteroatoms. The SMILES string of the molecule is CN(C(=O)COc1nc2ccccc2s1)c1ccccc1.[H-].[Na+]. The van der Waals surface area contributed by atoms with Gasteiger partial charge in [-0.3, -0.25) is 4.79 Å². The van der Waals surface area contributed by atoms with E-state index in [0.717, 1.165) is 15.9 Å². The zero-order valence-corrected chi connectivity index (χ0v) is 15.3. The topological polar surface area (TPSA) is 42.4 Å². The fourth-order valence-electron chi connectivity index (χ4n) is 1.93. The summed E-state index contributed by atoms with van der Waals surface area (Å²) in [7, 11) is 1.74. The van der Waals surface area contributed by atoms with E-state index >= 15 is 0 Å².